The fourth-order valence-electron chi connectivity index (χ4n) is 1.26. The molecule has 0 spiro atoms. The summed E-state index contributed by atoms with van der Waals surface area (Å²) in [6, 6.07) is 4.40. The summed E-state index contributed by atoms with van der Waals surface area (Å²) in [6.07, 6.45) is 0.602. The predicted octanol–water partition coefficient (Wildman–Crippen LogP) is 2.90. The van der Waals surface area contributed by atoms with Gasteiger partial charge >= 0.3 is 0 Å². The Labute approximate surface area is 109 Å². The van der Waals surface area contributed by atoms with Crippen molar-refractivity contribution >= 4 is 27.5 Å². The van der Waals surface area contributed by atoms with Crippen molar-refractivity contribution in [3.63, 3.8) is 0 Å². The molecule has 1 amide bonds. The zero-order chi connectivity index (χ0) is 13.1. The molecule has 0 aromatic heterocycles. The van der Waals surface area contributed by atoms with Gasteiger partial charge in [-0.3, -0.25) is 4.79 Å². The summed E-state index contributed by atoms with van der Waals surface area (Å²) in [5.74, 6) is -0.725. The maximum Gasteiger partial charge on any atom is 0.231 e. The Kier molecular flexibility index (Phi) is 4.65. The Hall–Kier alpha value is -0.940. The van der Waals surface area contributed by atoms with Gasteiger partial charge in [-0.1, -0.05) is 22.9 Å². The minimum atomic E-state index is -0.672. The van der Waals surface area contributed by atoms with Crippen LogP contribution in [0.4, 0.5) is 10.1 Å². The topological polar surface area (TPSA) is 55.1 Å². The van der Waals surface area contributed by atoms with E-state index in [9.17, 15) is 9.18 Å². The fourth-order valence-corrected chi connectivity index (χ4v) is 1.63. The van der Waals surface area contributed by atoms with Crippen molar-refractivity contribution < 1.29 is 9.18 Å². The Bertz CT molecular complexity index is 419. The first-order chi connectivity index (χ1) is 7.92. The van der Waals surface area contributed by atoms with Crippen molar-refractivity contribution in [2.45, 2.75) is 20.3 Å². The molecule has 94 valence electrons. The summed E-state index contributed by atoms with van der Waals surface area (Å²) in [7, 11) is 0. The molecule has 1 aromatic rings. The number of carbonyl (C=O) groups is 1. The SMILES string of the molecule is CCC(C)(CN)C(=O)Nc1cc(Br)ccc1F. The molecule has 1 aromatic carbocycles. The van der Waals surface area contributed by atoms with Gasteiger partial charge in [-0.05, 0) is 31.5 Å². The van der Waals surface area contributed by atoms with Crippen molar-refractivity contribution in [3.8, 4) is 0 Å². The Balaban J connectivity index is 2.91. The van der Waals surface area contributed by atoms with Crippen LogP contribution in [0.5, 0.6) is 0 Å². The number of halogens is 2. The molecule has 0 saturated carbocycles. The third-order valence-corrected chi connectivity index (χ3v) is 3.45. The van der Waals surface area contributed by atoms with Crippen molar-refractivity contribution in [3.05, 3.63) is 28.5 Å². The number of nitrogens with two attached hydrogens (primary N) is 1. The minimum Gasteiger partial charge on any atom is -0.329 e. The summed E-state index contributed by atoms with van der Waals surface area (Å²) in [5.41, 5.74) is 5.07. The second-order valence-electron chi connectivity index (χ2n) is 4.20. The van der Waals surface area contributed by atoms with Gasteiger partial charge in [0.2, 0.25) is 5.91 Å². The second kappa shape index (κ2) is 5.60. The molecule has 0 aliphatic rings. The van der Waals surface area contributed by atoms with Gasteiger partial charge in [0.05, 0.1) is 11.1 Å². The van der Waals surface area contributed by atoms with Crippen LogP contribution in [0.15, 0.2) is 22.7 Å². The third kappa shape index (κ3) is 3.26. The van der Waals surface area contributed by atoms with E-state index in [0.717, 1.165) is 0 Å². The molecule has 3 nitrogen and oxygen atoms in total. The largest absolute Gasteiger partial charge is 0.329 e. The highest BCUT2D eigenvalue weighted by atomic mass is 79.9. The molecule has 17 heavy (non-hydrogen) atoms. The quantitative estimate of drug-likeness (QED) is 0.898. The van der Waals surface area contributed by atoms with E-state index >= 15 is 0 Å². The van der Waals surface area contributed by atoms with E-state index in [2.05, 4.69) is 21.2 Å². The summed E-state index contributed by atoms with van der Waals surface area (Å²) in [5, 5.41) is 2.57. The van der Waals surface area contributed by atoms with Crippen molar-refractivity contribution in [1.82, 2.24) is 0 Å². The van der Waals surface area contributed by atoms with Crippen molar-refractivity contribution in [2.24, 2.45) is 11.1 Å². The second-order valence-corrected chi connectivity index (χ2v) is 5.11. The molecule has 0 heterocycles. The van der Waals surface area contributed by atoms with Gasteiger partial charge in [0, 0.05) is 11.0 Å². The lowest BCUT2D eigenvalue weighted by Gasteiger charge is -2.25. The molecule has 0 radical (unpaired) electrons. The average molecular weight is 303 g/mol. The van der Waals surface area contributed by atoms with Crippen LogP contribution < -0.4 is 11.1 Å². The lowest BCUT2D eigenvalue weighted by Crippen LogP contribution is -2.39. The van der Waals surface area contributed by atoms with Crippen LogP contribution in [-0.2, 0) is 4.79 Å². The Morgan fingerprint density at radius 1 is 1.59 bits per heavy atom. The van der Waals surface area contributed by atoms with Gasteiger partial charge in [0.25, 0.3) is 0 Å². The normalized spacial score (nSPS) is 14.2. The molecule has 3 N–H and O–H groups in total. The highest BCUT2D eigenvalue weighted by Gasteiger charge is 2.30. The third-order valence-electron chi connectivity index (χ3n) is 2.96. The van der Waals surface area contributed by atoms with Crippen LogP contribution in [0, 0.1) is 11.2 Å². The lowest BCUT2D eigenvalue weighted by atomic mass is 9.86. The molecule has 0 fully saturated rings. The molecular formula is C12H16BrFN2O. The number of benzene rings is 1. The van der Waals surface area contributed by atoms with E-state index in [-0.39, 0.29) is 18.1 Å². The van der Waals surface area contributed by atoms with Gasteiger partial charge in [-0.15, -0.1) is 0 Å². The predicted molar refractivity (Wildman–Crippen MR) is 70.2 cm³/mol. The summed E-state index contributed by atoms with van der Waals surface area (Å²) in [4.78, 5) is 12.0. The summed E-state index contributed by atoms with van der Waals surface area (Å²) >= 11 is 3.23. The fraction of sp³-hybridized carbons (Fsp3) is 0.417. The average Bonchev–Trinajstić information content (AvgIpc) is 2.32. The monoisotopic (exact) mass is 302 g/mol. The van der Waals surface area contributed by atoms with E-state index in [1.54, 1.807) is 13.0 Å². The minimum absolute atomic E-state index is 0.164. The smallest absolute Gasteiger partial charge is 0.231 e. The summed E-state index contributed by atoms with van der Waals surface area (Å²) in [6.45, 7) is 3.87. The number of rotatable bonds is 4. The molecule has 0 aliphatic heterocycles. The molecular weight excluding hydrogens is 287 g/mol. The molecule has 1 unspecified atom stereocenters. The highest BCUT2D eigenvalue weighted by Crippen LogP contribution is 2.25. The molecule has 0 aliphatic carbocycles. The number of anilines is 1. The van der Waals surface area contributed by atoms with Crippen molar-refractivity contribution in [2.75, 3.05) is 11.9 Å². The van der Waals surface area contributed by atoms with Crippen LogP contribution in [0.1, 0.15) is 20.3 Å². The number of carbonyl (C=O) groups excluding carboxylic acids is 1. The first-order valence-corrected chi connectivity index (χ1v) is 6.19. The van der Waals surface area contributed by atoms with E-state index < -0.39 is 11.2 Å². The maximum absolute atomic E-state index is 13.5. The molecule has 0 bridgehead atoms. The van der Waals surface area contributed by atoms with Gasteiger partial charge in [0.1, 0.15) is 5.82 Å². The van der Waals surface area contributed by atoms with Crippen LogP contribution >= 0.6 is 15.9 Å². The number of hydrogen-bond donors (Lipinski definition) is 2. The van der Waals surface area contributed by atoms with Crippen LogP contribution in [0.3, 0.4) is 0 Å². The zero-order valence-electron chi connectivity index (χ0n) is 9.89. The summed E-state index contributed by atoms with van der Waals surface area (Å²) < 4.78 is 14.2. The standard InChI is InChI=1S/C12H16BrFN2O/c1-3-12(2,7-15)11(17)16-10-6-8(13)4-5-9(10)14/h4-6H,3,7,15H2,1-2H3,(H,16,17). The molecule has 1 atom stereocenters. The van der Waals surface area contributed by atoms with E-state index in [1.807, 2.05) is 6.92 Å². The van der Waals surface area contributed by atoms with Gasteiger partial charge in [0.15, 0.2) is 0 Å². The van der Waals surface area contributed by atoms with Crippen LogP contribution in [-0.4, -0.2) is 12.5 Å². The van der Waals surface area contributed by atoms with Gasteiger partial charge in [-0.25, -0.2) is 4.39 Å². The number of hydrogen-bond acceptors (Lipinski definition) is 2. The Morgan fingerprint density at radius 3 is 2.76 bits per heavy atom. The molecule has 5 heteroatoms. The van der Waals surface area contributed by atoms with Crippen LogP contribution in [0.25, 0.3) is 0 Å². The van der Waals surface area contributed by atoms with Crippen molar-refractivity contribution in [1.29, 1.82) is 0 Å². The van der Waals surface area contributed by atoms with Gasteiger partial charge in [-0.2, -0.15) is 0 Å². The molecule has 1 rings (SSSR count). The highest BCUT2D eigenvalue weighted by molar-refractivity contribution is 9.10. The van der Waals surface area contributed by atoms with E-state index in [0.29, 0.717) is 10.9 Å². The lowest BCUT2D eigenvalue weighted by molar-refractivity contribution is -0.124. The Morgan fingerprint density at radius 2 is 2.24 bits per heavy atom. The number of nitrogens with one attached hydrogen (secondary N) is 1. The van der Waals surface area contributed by atoms with E-state index in [1.165, 1.54) is 12.1 Å². The van der Waals surface area contributed by atoms with E-state index in [4.69, 9.17) is 5.73 Å². The molecule has 0 saturated heterocycles. The van der Waals surface area contributed by atoms with Crippen LogP contribution in [0.2, 0.25) is 0 Å². The first-order valence-electron chi connectivity index (χ1n) is 5.39. The zero-order valence-corrected chi connectivity index (χ0v) is 11.5. The first kappa shape index (κ1) is 14.1. The van der Waals surface area contributed by atoms with Gasteiger partial charge < -0.3 is 11.1 Å². The number of amides is 1. The maximum atomic E-state index is 13.5.